The Bertz CT molecular complexity index is 575. The second-order valence-electron chi connectivity index (χ2n) is 5.02. The van der Waals surface area contributed by atoms with Crippen LogP contribution in [0.3, 0.4) is 0 Å². The molecule has 1 saturated heterocycles. The van der Waals surface area contributed by atoms with Gasteiger partial charge in [0.1, 0.15) is 6.23 Å². The molecule has 1 aromatic carbocycles. The summed E-state index contributed by atoms with van der Waals surface area (Å²) in [5, 5.41) is 10.2. The van der Waals surface area contributed by atoms with E-state index in [1.807, 2.05) is 4.90 Å². The molecule has 0 spiro atoms. The molecule has 21 heavy (non-hydrogen) atoms. The molecule has 1 aromatic rings. The first-order valence-corrected chi connectivity index (χ1v) is 9.00. The SMILES string of the molecule is O=S(=O)(NCCCN1CCCC1O)c1cc(Cl)cc(Cl)c1. The van der Waals surface area contributed by atoms with Crippen molar-refractivity contribution in [1.82, 2.24) is 9.62 Å². The Morgan fingerprint density at radius 2 is 1.95 bits per heavy atom. The van der Waals surface area contributed by atoms with Crippen LogP contribution in [-0.2, 0) is 10.0 Å². The average molecular weight is 353 g/mol. The van der Waals surface area contributed by atoms with E-state index < -0.39 is 16.3 Å². The number of hydrogen-bond donors (Lipinski definition) is 2. The first-order valence-electron chi connectivity index (χ1n) is 6.76. The smallest absolute Gasteiger partial charge is 0.240 e. The number of halogens is 2. The van der Waals surface area contributed by atoms with Crippen LogP contribution in [0.2, 0.25) is 10.0 Å². The molecule has 2 rings (SSSR count). The van der Waals surface area contributed by atoms with Crippen LogP contribution in [0, 0.1) is 0 Å². The lowest BCUT2D eigenvalue weighted by molar-refractivity contribution is 0.0379. The standard InChI is InChI=1S/C13H18Cl2N2O3S/c14-10-7-11(15)9-12(8-10)21(19,20)16-4-2-6-17-5-1-3-13(17)18/h7-9,13,16,18H,1-6H2. The van der Waals surface area contributed by atoms with Gasteiger partial charge in [0.05, 0.1) is 4.90 Å². The number of sulfonamides is 1. The largest absolute Gasteiger partial charge is 0.378 e. The van der Waals surface area contributed by atoms with Crippen LogP contribution in [0.25, 0.3) is 0 Å². The zero-order valence-electron chi connectivity index (χ0n) is 11.4. The Morgan fingerprint density at radius 1 is 1.29 bits per heavy atom. The highest BCUT2D eigenvalue weighted by molar-refractivity contribution is 7.89. The summed E-state index contributed by atoms with van der Waals surface area (Å²) in [5.41, 5.74) is 0. The van der Waals surface area contributed by atoms with Crippen LogP contribution >= 0.6 is 23.2 Å². The molecule has 1 fully saturated rings. The van der Waals surface area contributed by atoms with Gasteiger partial charge in [-0.2, -0.15) is 0 Å². The number of nitrogens with zero attached hydrogens (tertiary/aromatic N) is 1. The van der Waals surface area contributed by atoms with Crippen molar-refractivity contribution in [3.05, 3.63) is 28.2 Å². The fourth-order valence-corrected chi connectivity index (χ4v) is 4.12. The van der Waals surface area contributed by atoms with Crippen molar-refractivity contribution in [2.75, 3.05) is 19.6 Å². The van der Waals surface area contributed by atoms with E-state index in [0.717, 1.165) is 19.4 Å². The van der Waals surface area contributed by atoms with E-state index in [1.165, 1.54) is 18.2 Å². The number of aliphatic hydroxyl groups excluding tert-OH is 1. The fraction of sp³-hybridized carbons (Fsp3) is 0.538. The van der Waals surface area contributed by atoms with E-state index in [2.05, 4.69) is 4.72 Å². The second kappa shape index (κ2) is 7.26. The lowest BCUT2D eigenvalue weighted by Gasteiger charge is -2.19. The highest BCUT2D eigenvalue weighted by Gasteiger charge is 2.21. The molecule has 0 radical (unpaired) electrons. The molecule has 5 nitrogen and oxygen atoms in total. The topological polar surface area (TPSA) is 69.6 Å². The summed E-state index contributed by atoms with van der Waals surface area (Å²) >= 11 is 11.6. The third-order valence-corrected chi connectivity index (χ3v) is 5.27. The minimum atomic E-state index is -3.61. The molecule has 1 heterocycles. The molecule has 0 bridgehead atoms. The number of hydrogen-bond acceptors (Lipinski definition) is 4. The summed E-state index contributed by atoms with van der Waals surface area (Å²) < 4.78 is 26.7. The van der Waals surface area contributed by atoms with Gasteiger partial charge >= 0.3 is 0 Å². The van der Waals surface area contributed by atoms with Gasteiger partial charge in [0, 0.05) is 29.7 Å². The van der Waals surface area contributed by atoms with Crippen LogP contribution in [0.5, 0.6) is 0 Å². The molecule has 1 atom stereocenters. The van der Waals surface area contributed by atoms with E-state index in [4.69, 9.17) is 23.2 Å². The van der Waals surface area contributed by atoms with E-state index in [0.29, 0.717) is 19.5 Å². The first kappa shape index (κ1) is 17.0. The highest BCUT2D eigenvalue weighted by Crippen LogP contribution is 2.22. The molecule has 1 aliphatic rings. The molecule has 118 valence electrons. The molecule has 0 aromatic heterocycles. The van der Waals surface area contributed by atoms with Crippen LogP contribution in [0.1, 0.15) is 19.3 Å². The Kier molecular flexibility index (Phi) is 5.88. The predicted molar refractivity (Wildman–Crippen MR) is 83.1 cm³/mol. The summed E-state index contributed by atoms with van der Waals surface area (Å²) in [6, 6.07) is 4.21. The summed E-state index contributed by atoms with van der Waals surface area (Å²) in [4.78, 5) is 2.01. The zero-order valence-corrected chi connectivity index (χ0v) is 13.8. The summed E-state index contributed by atoms with van der Waals surface area (Å²) in [6.45, 7) is 1.83. The van der Waals surface area contributed by atoms with Gasteiger partial charge < -0.3 is 5.11 Å². The van der Waals surface area contributed by atoms with Crippen molar-refractivity contribution in [1.29, 1.82) is 0 Å². The second-order valence-corrected chi connectivity index (χ2v) is 7.66. The molecule has 8 heteroatoms. The first-order chi connectivity index (χ1) is 9.88. The van der Waals surface area contributed by atoms with Crippen molar-refractivity contribution in [2.45, 2.75) is 30.4 Å². The van der Waals surface area contributed by atoms with Crippen LogP contribution in [0.15, 0.2) is 23.1 Å². The molecule has 1 aliphatic heterocycles. The maximum atomic E-state index is 12.1. The van der Waals surface area contributed by atoms with Gasteiger partial charge in [-0.15, -0.1) is 0 Å². The van der Waals surface area contributed by atoms with Gasteiger partial charge in [-0.25, -0.2) is 13.1 Å². The summed E-state index contributed by atoms with van der Waals surface area (Å²) in [6.07, 6.45) is 2.00. The minimum absolute atomic E-state index is 0.0567. The number of aliphatic hydroxyl groups is 1. The van der Waals surface area contributed by atoms with Crippen molar-refractivity contribution in [2.24, 2.45) is 0 Å². The van der Waals surface area contributed by atoms with Gasteiger partial charge in [-0.1, -0.05) is 23.2 Å². The third kappa shape index (κ3) is 4.81. The van der Waals surface area contributed by atoms with Crippen LogP contribution in [-0.4, -0.2) is 44.3 Å². The third-order valence-electron chi connectivity index (χ3n) is 3.39. The van der Waals surface area contributed by atoms with Gasteiger partial charge in [0.15, 0.2) is 0 Å². The normalized spacial score (nSPS) is 20.0. The van der Waals surface area contributed by atoms with E-state index in [9.17, 15) is 13.5 Å². The quantitative estimate of drug-likeness (QED) is 0.769. The average Bonchev–Trinajstić information content (AvgIpc) is 2.79. The molecule has 1 unspecified atom stereocenters. The van der Waals surface area contributed by atoms with Crippen LogP contribution in [0.4, 0.5) is 0 Å². The Labute approximate surface area is 134 Å². The molecule has 0 saturated carbocycles. The zero-order chi connectivity index (χ0) is 15.5. The summed E-state index contributed by atoms with van der Waals surface area (Å²) in [5.74, 6) is 0. The molecular formula is C13H18Cl2N2O3S. The van der Waals surface area contributed by atoms with Gasteiger partial charge in [0.2, 0.25) is 10.0 Å². The number of nitrogens with one attached hydrogen (secondary N) is 1. The maximum absolute atomic E-state index is 12.1. The maximum Gasteiger partial charge on any atom is 0.240 e. The minimum Gasteiger partial charge on any atom is -0.378 e. The molecule has 0 amide bonds. The lowest BCUT2D eigenvalue weighted by atomic mass is 10.4. The number of rotatable bonds is 6. The van der Waals surface area contributed by atoms with Gasteiger partial charge in [-0.05, 0) is 37.5 Å². The van der Waals surface area contributed by atoms with Gasteiger partial charge in [-0.3, -0.25) is 4.90 Å². The van der Waals surface area contributed by atoms with E-state index in [-0.39, 0.29) is 14.9 Å². The lowest BCUT2D eigenvalue weighted by Crippen LogP contribution is -2.33. The Morgan fingerprint density at radius 3 is 2.52 bits per heavy atom. The predicted octanol–water partition coefficient (Wildman–Crippen LogP) is 2.08. The van der Waals surface area contributed by atoms with Crippen molar-refractivity contribution in [3.63, 3.8) is 0 Å². The fourth-order valence-electron chi connectivity index (χ4n) is 2.33. The Hall–Kier alpha value is -0.370. The van der Waals surface area contributed by atoms with Crippen LogP contribution < -0.4 is 4.72 Å². The van der Waals surface area contributed by atoms with Gasteiger partial charge in [0.25, 0.3) is 0 Å². The monoisotopic (exact) mass is 352 g/mol. The van der Waals surface area contributed by atoms with E-state index in [1.54, 1.807) is 0 Å². The molecular weight excluding hydrogens is 335 g/mol. The number of likely N-dealkylation sites (tertiary alicyclic amines) is 1. The summed E-state index contributed by atoms with van der Waals surface area (Å²) in [7, 11) is -3.61. The van der Waals surface area contributed by atoms with E-state index >= 15 is 0 Å². The van der Waals surface area contributed by atoms with Crippen molar-refractivity contribution >= 4 is 33.2 Å². The van der Waals surface area contributed by atoms with Crippen molar-refractivity contribution < 1.29 is 13.5 Å². The highest BCUT2D eigenvalue weighted by atomic mass is 35.5. The number of benzene rings is 1. The van der Waals surface area contributed by atoms with Crippen molar-refractivity contribution in [3.8, 4) is 0 Å². The molecule has 2 N–H and O–H groups in total. The molecule has 0 aliphatic carbocycles. The Balaban J connectivity index is 1.86.